The van der Waals surface area contributed by atoms with Crippen LogP contribution >= 0.6 is 0 Å². The molecule has 0 saturated carbocycles. The van der Waals surface area contributed by atoms with E-state index in [1.54, 1.807) is 0 Å². The van der Waals surface area contributed by atoms with Gasteiger partial charge in [-0.1, -0.05) is 97.1 Å². The first kappa shape index (κ1) is 51.1. The van der Waals surface area contributed by atoms with E-state index >= 15 is 0 Å². The molecule has 2 unspecified atom stereocenters. The van der Waals surface area contributed by atoms with Gasteiger partial charge in [-0.15, -0.1) is 0 Å². The SMILES string of the molecule is c1cc2ccc1C[n+]1cc3ccc4c[n+](cc5ccc(c1)c3c45)Cc1ccc(cc1)CC13C[n+]4ccc(cc4)-c4cc[n+](cc4)CC(C2)(c2ccc(cc2)C[n+]2cc4ccc5c[n+](cc6ccc(c2)c4c56)Cc2ccc1cc2)[n+]1ccc(cc1)-c1cc[n+]3cc1. The van der Waals surface area contributed by atoms with Gasteiger partial charge in [0.2, 0.25) is 13.1 Å². The van der Waals surface area contributed by atoms with E-state index in [9.17, 15) is 0 Å². The molecule has 41 rings (SSSR count). The van der Waals surface area contributed by atoms with Crippen molar-refractivity contribution in [2.45, 2.75) is 63.2 Å². The molecule has 0 radical (unpaired) electrons. The third-order valence-electron chi connectivity index (χ3n) is 20.5. The van der Waals surface area contributed by atoms with Gasteiger partial charge in [0.05, 0.1) is 0 Å². The normalized spacial score (nSPS) is 17.1. The third-order valence-corrected chi connectivity index (χ3v) is 20.5. The van der Waals surface area contributed by atoms with E-state index in [0.717, 1.165) is 39.0 Å². The number of hydrogen-bond donors (Lipinski definition) is 0. The Labute approximate surface area is 521 Å². The molecule has 25 aliphatic heterocycles. The molecule has 0 amide bonds. The molecule has 8 aromatic heterocycles. The monoisotopic (exact) mass is 1160 g/mol. The molecular formula is C82H64N8+8. The largest absolute Gasteiger partial charge is 0.255 e. The summed E-state index contributed by atoms with van der Waals surface area (Å²) in [5, 5.41) is 15.3. The van der Waals surface area contributed by atoms with Crippen molar-refractivity contribution in [2.75, 3.05) is 0 Å². The summed E-state index contributed by atoms with van der Waals surface area (Å²) >= 11 is 0. The summed E-state index contributed by atoms with van der Waals surface area (Å²) in [5.74, 6) is 0. The van der Waals surface area contributed by atoms with Crippen molar-refractivity contribution >= 4 is 64.6 Å². The molecule has 424 valence electrons. The highest BCUT2D eigenvalue weighted by atomic mass is 15.1. The van der Waals surface area contributed by atoms with E-state index in [1.165, 1.54) is 131 Å². The second-order valence-electron chi connectivity index (χ2n) is 26.1. The quantitative estimate of drug-likeness (QED) is 0.107. The maximum absolute atomic E-state index is 2.50. The van der Waals surface area contributed by atoms with Crippen LogP contribution in [0.4, 0.5) is 0 Å². The molecule has 2 atom stereocenters. The van der Waals surface area contributed by atoms with Crippen LogP contribution in [-0.2, 0) is 63.2 Å². The topological polar surface area (TPSA) is 31.0 Å². The molecular weight excluding hydrogens is 1100 g/mol. The van der Waals surface area contributed by atoms with E-state index < -0.39 is 11.1 Å². The Morgan fingerprint density at radius 1 is 0.211 bits per heavy atom. The van der Waals surface area contributed by atoms with Crippen LogP contribution in [0, 0.1) is 0 Å². The first-order chi connectivity index (χ1) is 44.3. The Kier molecular flexibility index (Phi) is 11.2. The molecule has 0 saturated heterocycles. The summed E-state index contributed by atoms with van der Waals surface area (Å²) in [7, 11) is 0. The number of rotatable bonds is 0. The van der Waals surface area contributed by atoms with Gasteiger partial charge in [-0.25, -0.2) is 0 Å². The van der Waals surface area contributed by atoms with Crippen LogP contribution in [0.3, 0.4) is 0 Å². The Morgan fingerprint density at radius 3 is 0.689 bits per heavy atom. The maximum Gasteiger partial charge on any atom is 0.255 e. The van der Waals surface area contributed by atoms with Crippen molar-refractivity contribution in [2.24, 2.45) is 0 Å². The minimum Gasteiger partial charge on any atom is -0.200 e. The number of nitrogens with zero attached hydrogens (tertiary/aromatic N) is 8. The van der Waals surface area contributed by atoms with Gasteiger partial charge in [0.15, 0.2) is 125 Å². The summed E-state index contributed by atoms with van der Waals surface area (Å²) in [5.41, 5.74) is 13.6. The van der Waals surface area contributed by atoms with Crippen molar-refractivity contribution in [3.8, 4) is 22.3 Å². The van der Waals surface area contributed by atoms with Crippen molar-refractivity contribution < 1.29 is 36.5 Å². The van der Waals surface area contributed by atoms with E-state index in [0.29, 0.717) is 13.1 Å². The van der Waals surface area contributed by atoms with Crippen LogP contribution in [0.2, 0.25) is 0 Å². The highest BCUT2D eigenvalue weighted by Gasteiger charge is 2.48. The standard InChI is InChI=1S/C82H64N8/c1-5-59-6-2-57(1)41-81-55-83-33-25-63(26-34-83)64-27-35-84(36-28-64)56-82(90-39-31-66(32-40-90)65-29-37-89(81)38-30-65,42-58-3-7-60(8-4-58)44-86-49-69-15-13-67-47-85(43-59)48-68-14-16-70(50-86)78(69)77(67)68)76-23-11-62(12-24-76)46-88-53-73-19-17-71-51-87(45-61-9-21-75(81)22-10-61)52-72-18-20-74(54-88)80(73)79(71)72/h1-40,47-54H,41-46,55-56H2/q+8. The summed E-state index contributed by atoms with van der Waals surface area (Å²) < 4.78 is 19.3. The smallest absolute Gasteiger partial charge is 0.200 e. The number of aromatic nitrogens is 8. The molecule has 30 bridgehead atoms. The molecule has 8 heteroatoms. The lowest BCUT2D eigenvalue weighted by Gasteiger charge is -2.28. The minimum absolute atomic E-state index is 0.565. The van der Waals surface area contributed by atoms with Crippen LogP contribution in [0.25, 0.3) is 86.9 Å². The molecule has 33 heterocycles. The minimum atomic E-state index is -0.565. The number of hydrogen-bond acceptors (Lipinski definition) is 0. The molecule has 90 heavy (non-hydrogen) atoms. The maximum atomic E-state index is 2.50. The zero-order valence-corrected chi connectivity index (χ0v) is 49.9. The van der Waals surface area contributed by atoms with E-state index in [1.807, 2.05) is 0 Å². The van der Waals surface area contributed by atoms with E-state index in [4.69, 9.17) is 0 Å². The van der Waals surface area contributed by atoms with Gasteiger partial charge in [0.25, 0.3) is 11.1 Å². The molecule has 0 aliphatic carbocycles. The average Bonchev–Trinajstić information content (AvgIpc) is 0.848. The predicted octanol–water partition coefficient (Wildman–Crippen LogP) is 11.6. The first-order valence-electron chi connectivity index (χ1n) is 31.7. The predicted molar refractivity (Wildman–Crippen MR) is 349 cm³/mol. The van der Waals surface area contributed by atoms with Gasteiger partial charge >= 0.3 is 0 Å². The summed E-state index contributed by atoms with van der Waals surface area (Å²) in [6.07, 6.45) is 38.8. The van der Waals surface area contributed by atoms with Crippen molar-refractivity contribution in [3.05, 3.63) is 338 Å². The highest BCUT2D eigenvalue weighted by Crippen LogP contribution is 2.37. The second kappa shape index (κ2) is 19.8. The van der Waals surface area contributed by atoms with Gasteiger partial charge in [0.1, 0.15) is 0 Å². The van der Waals surface area contributed by atoms with Crippen molar-refractivity contribution in [3.63, 3.8) is 0 Å². The molecule has 8 aromatic carbocycles. The molecule has 16 aromatic rings. The van der Waals surface area contributed by atoms with Crippen molar-refractivity contribution in [1.29, 1.82) is 0 Å². The molecule has 0 fully saturated rings. The summed E-state index contributed by atoms with van der Waals surface area (Å²) in [4.78, 5) is 0. The lowest BCUT2D eigenvalue weighted by molar-refractivity contribution is -0.823. The van der Waals surface area contributed by atoms with Crippen LogP contribution in [0.5, 0.6) is 0 Å². The molecule has 8 nitrogen and oxygen atoms in total. The lowest BCUT2D eigenvalue weighted by atomic mass is 9.82. The number of pyridine rings is 8. The molecule has 0 spiro atoms. The van der Waals surface area contributed by atoms with Crippen LogP contribution < -0.4 is 36.5 Å². The average molecular weight is 1160 g/mol. The van der Waals surface area contributed by atoms with E-state index in [-0.39, 0.29) is 0 Å². The Bertz CT molecular complexity index is 5000. The fourth-order valence-electron chi connectivity index (χ4n) is 16.0. The van der Waals surface area contributed by atoms with Crippen LogP contribution in [0.15, 0.2) is 293 Å². The Balaban J connectivity index is 0.859. The van der Waals surface area contributed by atoms with Gasteiger partial charge in [-0.2, -0.15) is 36.5 Å². The van der Waals surface area contributed by atoms with Gasteiger partial charge in [-0.3, -0.25) is 0 Å². The molecule has 0 N–H and O–H groups in total. The third kappa shape index (κ3) is 8.49. The van der Waals surface area contributed by atoms with Crippen LogP contribution in [0.1, 0.15) is 44.5 Å². The van der Waals surface area contributed by atoms with Crippen molar-refractivity contribution in [1.82, 2.24) is 0 Å². The van der Waals surface area contributed by atoms with Gasteiger partial charge < -0.3 is 0 Å². The van der Waals surface area contributed by atoms with Gasteiger partial charge in [-0.05, 0) is 81.9 Å². The second-order valence-corrected chi connectivity index (χ2v) is 26.1. The summed E-state index contributed by atoms with van der Waals surface area (Å²) in [6, 6.07) is 75.1. The number of benzene rings is 8. The fourth-order valence-corrected chi connectivity index (χ4v) is 16.0. The first-order valence-corrected chi connectivity index (χ1v) is 31.7. The lowest BCUT2D eigenvalue weighted by Crippen LogP contribution is -2.64. The van der Waals surface area contributed by atoms with Gasteiger partial charge in [0, 0.05) is 159 Å². The zero-order chi connectivity index (χ0) is 59.1. The fraction of sp³-hybridized carbons (Fsp3) is 0.122. The highest BCUT2D eigenvalue weighted by molar-refractivity contribution is 6.22. The molecule has 25 aliphatic rings. The van der Waals surface area contributed by atoms with E-state index in [2.05, 4.69) is 330 Å². The Morgan fingerprint density at radius 2 is 0.433 bits per heavy atom. The summed E-state index contributed by atoms with van der Waals surface area (Å²) in [6.45, 7) is 4.40. The Hall–Kier alpha value is -11.0. The zero-order valence-electron chi connectivity index (χ0n) is 49.9. The van der Waals surface area contributed by atoms with Crippen LogP contribution in [-0.4, -0.2) is 0 Å².